The van der Waals surface area contributed by atoms with Gasteiger partial charge in [0.2, 0.25) is 17.7 Å². The number of carbonyl (C=O) groups excluding carboxylic acids is 3. The maximum Gasteiger partial charge on any atom is 0.244 e. The summed E-state index contributed by atoms with van der Waals surface area (Å²) in [6, 6.07) is 5.74. The number of hydrogen-bond acceptors (Lipinski definition) is 4. The van der Waals surface area contributed by atoms with Crippen molar-refractivity contribution in [3.63, 3.8) is 0 Å². The Morgan fingerprint density at radius 1 is 1.15 bits per heavy atom. The first-order valence-electron chi connectivity index (χ1n) is 8.98. The van der Waals surface area contributed by atoms with Crippen molar-refractivity contribution in [1.82, 2.24) is 4.90 Å². The molecule has 0 spiro atoms. The van der Waals surface area contributed by atoms with E-state index in [0.29, 0.717) is 5.69 Å². The van der Waals surface area contributed by atoms with Crippen molar-refractivity contribution in [3.05, 3.63) is 35.9 Å². The molecule has 1 aliphatic heterocycles. The number of allylic oxidation sites excluding steroid dienone is 2. The van der Waals surface area contributed by atoms with E-state index in [-0.39, 0.29) is 47.9 Å². The summed E-state index contributed by atoms with van der Waals surface area (Å²) in [4.78, 5) is 40.9. The number of hydrogen-bond donors (Lipinski definition) is 1. The highest BCUT2D eigenvalue weighted by atomic mass is 16.2. The Hall–Kier alpha value is -2.63. The second-order valence-electron chi connectivity index (χ2n) is 7.70. The van der Waals surface area contributed by atoms with Gasteiger partial charge in [-0.05, 0) is 48.9 Å². The van der Waals surface area contributed by atoms with Crippen LogP contribution in [0.4, 0.5) is 11.4 Å². The van der Waals surface area contributed by atoms with Gasteiger partial charge >= 0.3 is 0 Å². The molecule has 6 nitrogen and oxygen atoms in total. The fourth-order valence-corrected chi connectivity index (χ4v) is 4.52. The molecule has 0 unspecified atom stereocenters. The number of likely N-dealkylation sites (tertiary alicyclic amines) is 1. The van der Waals surface area contributed by atoms with E-state index in [1.165, 1.54) is 0 Å². The topological polar surface area (TPSA) is 69.7 Å². The minimum atomic E-state index is -0.340. The van der Waals surface area contributed by atoms with Gasteiger partial charge in [0.15, 0.2) is 0 Å². The Labute approximate surface area is 152 Å². The lowest BCUT2D eigenvalue weighted by Crippen LogP contribution is -2.39. The average Bonchev–Trinajstić information content (AvgIpc) is 3.26. The minimum absolute atomic E-state index is 0.162. The molecule has 4 atom stereocenters. The lowest BCUT2D eigenvalue weighted by Gasteiger charge is -2.18. The van der Waals surface area contributed by atoms with E-state index < -0.39 is 0 Å². The summed E-state index contributed by atoms with van der Waals surface area (Å²) < 4.78 is 0. The first kappa shape index (κ1) is 16.8. The van der Waals surface area contributed by atoms with Crippen LogP contribution in [0.2, 0.25) is 0 Å². The van der Waals surface area contributed by atoms with E-state index >= 15 is 0 Å². The molecule has 1 N–H and O–H groups in total. The summed E-state index contributed by atoms with van der Waals surface area (Å²) in [5.74, 6) is -0.908. The van der Waals surface area contributed by atoms with Crippen LogP contribution in [0.1, 0.15) is 12.0 Å². The van der Waals surface area contributed by atoms with Gasteiger partial charge in [0.25, 0.3) is 0 Å². The zero-order valence-corrected chi connectivity index (χ0v) is 15.2. The largest absolute Gasteiger partial charge is 0.378 e. The van der Waals surface area contributed by atoms with Crippen molar-refractivity contribution < 1.29 is 14.4 Å². The molecule has 2 bridgehead atoms. The Balaban J connectivity index is 1.45. The third-order valence-electron chi connectivity index (χ3n) is 5.86. The van der Waals surface area contributed by atoms with Crippen LogP contribution in [0.15, 0.2) is 30.4 Å². The van der Waals surface area contributed by atoms with E-state index in [0.717, 1.165) is 22.6 Å². The number of rotatable bonds is 4. The molecule has 2 aliphatic carbocycles. The van der Waals surface area contributed by atoms with Crippen molar-refractivity contribution in [2.75, 3.05) is 30.9 Å². The van der Waals surface area contributed by atoms with Gasteiger partial charge in [-0.25, -0.2) is 0 Å². The molecule has 3 aliphatic rings. The normalized spacial score (nSPS) is 28.7. The zero-order valence-electron chi connectivity index (χ0n) is 15.2. The summed E-state index contributed by atoms with van der Waals surface area (Å²) in [5, 5.41) is 2.83. The van der Waals surface area contributed by atoms with Crippen molar-refractivity contribution >= 4 is 29.1 Å². The molecule has 1 saturated carbocycles. The molecule has 0 aromatic heterocycles. The summed E-state index contributed by atoms with van der Waals surface area (Å²) in [5.41, 5.74) is 2.67. The predicted molar refractivity (Wildman–Crippen MR) is 98.6 cm³/mol. The summed E-state index contributed by atoms with van der Waals surface area (Å²) >= 11 is 0. The van der Waals surface area contributed by atoms with Crippen LogP contribution in [0.3, 0.4) is 0 Å². The highest BCUT2D eigenvalue weighted by Gasteiger charge is 2.59. The molecule has 6 heteroatoms. The number of nitrogens with zero attached hydrogens (tertiary/aromatic N) is 2. The zero-order chi connectivity index (χ0) is 18.6. The van der Waals surface area contributed by atoms with E-state index in [1.807, 2.05) is 44.1 Å². The molecule has 3 amide bonds. The summed E-state index contributed by atoms with van der Waals surface area (Å²) in [7, 11) is 3.91. The van der Waals surface area contributed by atoms with Crippen LogP contribution >= 0.6 is 0 Å². The van der Waals surface area contributed by atoms with Gasteiger partial charge in [0.05, 0.1) is 11.8 Å². The fourth-order valence-electron chi connectivity index (χ4n) is 4.52. The molecule has 1 saturated heterocycles. The van der Waals surface area contributed by atoms with Gasteiger partial charge in [-0.3, -0.25) is 19.3 Å². The van der Waals surface area contributed by atoms with E-state index in [2.05, 4.69) is 17.5 Å². The Morgan fingerprint density at radius 2 is 1.77 bits per heavy atom. The number of aryl methyl sites for hydroxylation is 1. The van der Waals surface area contributed by atoms with Crippen molar-refractivity contribution in [2.24, 2.45) is 23.7 Å². The molecule has 136 valence electrons. The van der Waals surface area contributed by atoms with E-state index in [1.54, 1.807) is 0 Å². The van der Waals surface area contributed by atoms with Gasteiger partial charge in [0, 0.05) is 25.5 Å². The fraction of sp³-hybridized carbons (Fsp3) is 0.450. The third-order valence-corrected chi connectivity index (χ3v) is 5.86. The minimum Gasteiger partial charge on any atom is -0.378 e. The van der Waals surface area contributed by atoms with Crippen LogP contribution in [0.25, 0.3) is 0 Å². The van der Waals surface area contributed by atoms with Gasteiger partial charge in [-0.1, -0.05) is 12.2 Å². The van der Waals surface area contributed by atoms with Crippen LogP contribution in [-0.2, 0) is 14.4 Å². The molecule has 0 radical (unpaired) electrons. The first-order valence-corrected chi connectivity index (χ1v) is 8.98. The highest BCUT2D eigenvalue weighted by Crippen LogP contribution is 2.52. The van der Waals surface area contributed by atoms with Crippen molar-refractivity contribution in [1.29, 1.82) is 0 Å². The average molecular weight is 353 g/mol. The second kappa shape index (κ2) is 5.97. The summed E-state index contributed by atoms with van der Waals surface area (Å²) in [6.07, 6.45) is 5.00. The van der Waals surface area contributed by atoms with Crippen molar-refractivity contribution in [2.45, 2.75) is 13.3 Å². The van der Waals surface area contributed by atoms with Crippen LogP contribution in [0, 0.1) is 30.6 Å². The number of amides is 3. The quantitative estimate of drug-likeness (QED) is 0.662. The third kappa shape index (κ3) is 2.52. The van der Waals surface area contributed by atoms with Gasteiger partial charge in [-0.2, -0.15) is 0 Å². The van der Waals surface area contributed by atoms with Crippen molar-refractivity contribution in [3.8, 4) is 0 Å². The second-order valence-corrected chi connectivity index (χ2v) is 7.70. The Kier molecular flexibility index (Phi) is 3.86. The monoisotopic (exact) mass is 353 g/mol. The number of nitrogens with one attached hydrogen (secondary N) is 1. The molecule has 1 heterocycles. The number of carbonyl (C=O) groups is 3. The maximum atomic E-state index is 12.6. The maximum absolute atomic E-state index is 12.6. The Morgan fingerprint density at radius 3 is 2.31 bits per heavy atom. The van der Waals surface area contributed by atoms with Gasteiger partial charge < -0.3 is 10.2 Å². The number of anilines is 2. The SMILES string of the molecule is Cc1cc(N(C)C)ccc1NC(=O)CN1C(=O)[C@@H]2[C@H](C1=O)[C@@H]1C=C[C@H]2C1. The van der Waals surface area contributed by atoms with E-state index in [4.69, 9.17) is 0 Å². The lowest BCUT2D eigenvalue weighted by molar-refractivity contribution is -0.143. The predicted octanol–water partition coefficient (Wildman–Crippen LogP) is 1.81. The molecule has 26 heavy (non-hydrogen) atoms. The molecule has 1 aromatic carbocycles. The van der Waals surface area contributed by atoms with Gasteiger partial charge in [-0.15, -0.1) is 0 Å². The van der Waals surface area contributed by atoms with E-state index in [9.17, 15) is 14.4 Å². The van der Waals surface area contributed by atoms with Crippen LogP contribution in [0.5, 0.6) is 0 Å². The highest BCUT2D eigenvalue weighted by molar-refractivity contribution is 6.09. The number of fused-ring (bicyclic) bond motifs is 5. The number of imide groups is 1. The smallest absolute Gasteiger partial charge is 0.244 e. The molecule has 1 aromatic rings. The number of benzene rings is 1. The molecule has 4 rings (SSSR count). The lowest BCUT2D eigenvalue weighted by atomic mass is 9.85. The Bertz CT molecular complexity index is 800. The van der Waals surface area contributed by atoms with Crippen LogP contribution < -0.4 is 10.2 Å². The molecular formula is C20H23N3O3. The summed E-state index contributed by atoms with van der Waals surface area (Å²) in [6.45, 7) is 1.71. The molecular weight excluding hydrogens is 330 g/mol. The van der Waals surface area contributed by atoms with Crippen LogP contribution in [-0.4, -0.2) is 43.3 Å². The first-order chi connectivity index (χ1) is 12.4. The standard InChI is InChI=1S/C20H23N3O3/c1-11-8-14(22(2)3)6-7-15(11)21-16(24)10-23-19(25)17-12-4-5-13(9-12)18(17)20(23)26/h4-8,12-13,17-18H,9-10H2,1-3H3,(H,21,24)/t12-,13+,17-,18+. The van der Waals surface area contributed by atoms with Gasteiger partial charge in [0.1, 0.15) is 6.54 Å². The molecule has 2 fully saturated rings.